The Morgan fingerprint density at radius 3 is 2.49 bits per heavy atom. The number of carbonyl (C=O) groups is 1. The van der Waals surface area contributed by atoms with Gasteiger partial charge in [-0.1, -0.05) is 79.8 Å². The van der Waals surface area contributed by atoms with Crippen molar-refractivity contribution in [1.29, 1.82) is 0 Å². The number of thiazole rings is 1. The van der Waals surface area contributed by atoms with Crippen LogP contribution in [0.5, 0.6) is 5.75 Å². The normalized spacial score (nSPS) is 14.6. The Labute approximate surface area is 273 Å². The Morgan fingerprint density at radius 2 is 1.83 bits per heavy atom. The maximum Gasteiger partial charge on any atom is 0.338 e. The van der Waals surface area contributed by atoms with Gasteiger partial charge in [0.05, 0.1) is 52.1 Å². The molecule has 1 aliphatic rings. The number of esters is 1. The van der Waals surface area contributed by atoms with E-state index >= 15 is 0 Å². The van der Waals surface area contributed by atoms with Crippen molar-refractivity contribution in [2.45, 2.75) is 32.7 Å². The molecule has 10 nitrogen and oxygen atoms in total. The van der Waals surface area contributed by atoms with E-state index in [1.54, 1.807) is 37.3 Å². The van der Waals surface area contributed by atoms with Crippen LogP contribution < -0.4 is 19.6 Å². The zero-order valence-corrected chi connectivity index (χ0v) is 26.9. The first-order valence-electron chi connectivity index (χ1n) is 15.0. The molecule has 0 bridgehead atoms. The van der Waals surface area contributed by atoms with E-state index in [0.29, 0.717) is 38.0 Å². The van der Waals surface area contributed by atoms with Crippen LogP contribution in [-0.4, -0.2) is 29.2 Å². The van der Waals surface area contributed by atoms with Crippen molar-refractivity contribution in [1.82, 2.24) is 4.57 Å². The first-order valence-corrected chi connectivity index (χ1v) is 15.8. The maximum absolute atomic E-state index is 14.2. The fraction of sp³-hybridized carbons (Fsp3) is 0.194. The minimum absolute atomic E-state index is 0.154. The molecule has 0 N–H and O–H groups in total. The smallest absolute Gasteiger partial charge is 0.338 e. The standard InChI is InChI=1S/C36H31N3O7S/c1-5-45-35(41)31-32(23-9-7-6-8-10-23)37-36-38(33(31)24-13-11-22(12-14-24)21(2)3)34(40)30(47-36)20-26-16-18-29(46-26)27-17-15-25(44-4)19-28(27)39(42)43/h6-21,33H,5H2,1-4H3/b30-20-/t33-/m0/s1. The van der Waals surface area contributed by atoms with Gasteiger partial charge in [-0.3, -0.25) is 19.5 Å². The molecule has 0 saturated carbocycles. The molecule has 3 heterocycles. The Kier molecular flexibility index (Phi) is 8.73. The number of furan rings is 1. The van der Waals surface area contributed by atoms with Crippen molar-refractivity contribution < 1.29 is 23.6 Å². The Morgan fingerprint density at radius 1 is 1.09 bits per heavy atom. The van der Waals surface area contributed by atoms with Crippen LogP contribution in [0.4, 0.5) is 5.69 Å². The first-order chi connectivity index (χ1) is 22.7. The van der Waals surface area contributed by atoms with E-state index in [0.717, 1.165) is 22.5 Å². The minimum Gasteiger partial charge on any atom is -0.497 e. The second-order valence-corrected chi connectivity index (χ2v) is 12.1. The average molecular weight is 650 g/mol. The molecular weight excluding hydrogens is 618 g/mol. The van der Waals surface area contributed by atoms with Gasteiger partial charge in [0.25, 0.3) is 11.2 Å². The van der Waals surface area contributed by atoms with Crippen LogP contribution in [0.15, 0.2) is 105 Å². The second-order valence-electron chi connectivity index (χ2n) is 11.1. The van der Waals surface area contributed by atoms with E-state index in [1.807, 2.05) is 54.6 Å². The van der Waals surface area contributed by atoms with Gasteiger partial charge in [-0.25, -0.2) is 9.79 Å². The van der Waals surface area contributed by atoms with Gasteiger partial charge in [0.15, 0.2) is 4.80 Å². The number of nitro benzene ring substituents is 1. The molecule has 3 aromatic carbocycles. The number of aromatic nitrogens is 1. The molecule has 0 amide bonds. The SMILES string of the molecule is CCOC(=O)C1=C(c2ccccc2)N=c2s/c(=C\c3ccc(-c4ccc(OC)cc4[N+](=O)[O-])o3)c(=O)n2[C@H]1c1ccc(C(C)C)cc1. The number of methoxy groups -OCH3 is 1. The van der Waals surface area contributed by atoms with Crippen molar-refractivity contribution >= 4 is 34.8 Å². The largest absolute Gasteiger partial charge is 0.497 e. The van der Waals surface area contributed by atoms with Gasteiger partial charge < -0.3 is 13.9 Å². The lowest BCUT2D eigenvalue weighted by molar-refractivity contribution is -0.384. The molecule has 238 valence electrons. The summed E-state index contributed by atoms with van der Waals surface area (Å²) in [6.07, 6.45) is 1.58. The van der Waals surface area contributed by atoms with E-state index in [1.165, 1.54) is 17.7 Å². The van der Waals surface area contributed by atoms with Crippen LogP contribution in [0.3, 0.4) is 0 Å². The van der Waals surface area contributed by atoms with E-state index in [4.69, 9.17) is 18.9 Å². The van der Waals surface area contributed by atoms with E-state index in [-0.39, 0.29) is 34.8 Å². The van der Waals surface area contributed by atoms with Crippen LogP contribution in [0, 0.1) is 10.1 Å². The Bertz CT molecular complexity index is 2190. The zero-order chi connectivity index (χ0) is 33.2. The van der Waals surface area contributed by atoms with Crippen LogP contribution in [-0.2, 0) is 9.53 Å². The van der Waals surface area contributed by atoms with Gasteiger partial charge in [0.2, 0.25) is 0 Å². The Hall–Kier alpha value is -5.55. The number of hydrogen-bond acceptors (Lipinski definition) is 9. The monoisotopic (exact) mass is 649 g/mol. The molecule has 0 radical (unpaired) electrons. The van der Waals surface area contributed by atoms with Crippen molar-refractivity contribution in [3.63, 3.8) is 0 Å². The summed E-state index contributed by atoms with van der Waals surface area (Å²) in [5.41, 5.74) is 3.00. The van der Waals surface area contributed by atoms with Gasteiger partial charge in [-0.15, -0.1) is 0 Å². The molecule has 0 unspecified atom stereocenters. The molecule has 0 fully saturated rings. The lowest BCUT2D eigenvalue weighted by atomic mass is 9.91. The molecule has 6 rings (SSSR count). The molecule has 11 heteroatoms. The number of hydrogen-bond donors (Lipinski definition) is 0. The van der Waals surface area contributed by atoms with Crippen LogP contribution in [0.1, 0.15) is 55.2 Å². The number of benzene rings is 3. The van der Waals surface area contributed by atoms with Crippen LogP contribution >= 0.6 is 11.3 Å². The van der Waals surface area contributed by atoms with E-state index < -0.39 is 16.9 Å². The third-order valence-electron chi connectivity index (χ3n) is 7.86. The second kappa shape index (κ2) is 13.1. The third kappa shape index (κ3) is 6.05. The predicted octanol–water partition coefficient (Wildman–Crippen LogP) is 6.24. The number of nitro groups is 1. The minimum atomic E-state index is -0.807. The van der Waals surface area contributed by atoms with Crippen molar-refractivity contribution in [2.24, 2.45) is 4.99 Å². The number of fused-ring (bicyclic) bond motifs is 1. The van der Waals surface area contributed by atoms with Gasteiger partial charge in [0, 0.05) is 11.6 Å². The fourth-order valence-electron chi connectivity index (χ4n) is 5.52. The first kappa shape index (κ1) is 31.4. The quantitative estimate of drug-likeness (QED) is 0.105. The average Bonchev–Trinajstić information content (AvgIpc) is 3.67. The van der Waals surface area contributed by atoms with Crippen molar-refractivity contribution in [3.05, 3.63) is 143 Å². The number of rotatable bonds is 9. The van der Waals surface area contributed by atoms with Crippen molar-refractivity contribution in [2.75, 3.05) is 13.7 Å². The summed E-state index contributed by atoms with van der Waals surface area (Å²) in [6, 6.07) is 24.2. The summed E-state index contributed by atoms with van der Waals surface area (Å²) < 4.78 is 18.5. The lowest BCUT2D eigenvalue weighted by Crippen LogP contribution is -2.40. The Balaban J connectivity index is 1.54. The number of nitrogens with zero attached hydrogens (tertiary/aromatic N) is 3. The number of carbonyl (C=O) groups excluding carboxylic acids is 1. The highest BCUT2D eigenvalue weighted by molar-refractivity contribution is 7.07. The van der Waals surface area contributed by atoms with Gasteiger partial charge >= 0.3 is 5.97 Å². The molecular formula is C36H31N3O7S. The molecule has 1 atom stereocenters. The lowest BCUT2D eigenvalue weighted by Gasteiger charge is -2.26. The van der Waals surface area contributed by atoms with E-state index in [9.17, 15) is 19.7 Å². The molecule has 0 aliphatic carbocycles. The summed E-state index contributed by atoms with van der Waals surface area (Å²) >= 11 is 1.16. The van der Waals surface area contributed by atoms with Gasteiger partial charge in [-0.05, 0) is 48.2 Å². The summed E-state index contributed by atoms with van der Waals surface area (Å²) in [6.45, 7) is 6.09. The van der Waals surface area contributed by atoms with Gasteiger partial charge in [-0.2, -0.15) is 0 Å². The molecule has 2 aromatic heterocycles. The topological polar surface area (TPSA) is 126 Å². The molecule has 0 saturated heterocycles. The molecule has 5 aromatic rings. The van der Waals surface area contributed by atoms with Crippen molar-refractivity contribution in [3.8, 4) is 17.1 Å². The summed E-state index contributed by atoms with van der Waals surface area (Å²) in [7, 11) is 1.43. The summed E-state index contributed by atoms with van der Waals surface area (Å²) in [4.78, 5) is 44.4. The van der Waals surface area contributed by atoms with Crippen LogP contribution in [0.25, 0.3) is 23.1 Å². The van der Waals surface area contributed by atoms with Gasteiger partial charge in [0.1, 0.15) is 17.3 Å². The molecule has 1 aliphatic heterocycles. The summed E-state index contributed by atoms with van der Waals surface area (Å²) in [5.74, 6) is 0.667. The van der Waals surface area contributed by atoms with Crippen LogP contribution in [0.2, 0.25) is 0 Å². The fourth-order valence-corrected chi connectivity index (χ4v) is 6.50. The van der Waals surface area contributed by atoms with E-state index in [2.05, 4.69) is 13.8 Å². The molecule has 0 spiro atoms. The highest BCUT2D eigenvalue weighted by Crippen LogP contribution is 2.36. The molecule has 47 heavy (non-hydrogen) atoms. The zero-order valence-electron chi connectivity index (χ0n) is 26.1. The summed E-state index contributed by atoms with van der Waals surface area (Å²) in [5, 5.41) is 11.8. The third-order valence-corrected chi connectivity index (χ3v) is 8.84. The highest BCUT2D eigenvalue weighted by Gasteiger charge is 2.35. The highest BCUT2D eigenvalue weighted by atomic mass is 32.1. The maximum atomic E-state index is 14.2. The number of ether oxygens (including phenoxy) is 2. The predicted molar refractivity (Wildman–Crippen MR) is 179 cm³/mol.